The highest BCUT2D eigenvalue weighted by molar-refractivity contribution is 5.88. The van der Waals surface area contributed by atoms with Crippen molar-refractivity contribution in [1.82, 2.24) is 10.1 Å². The molecule has 0 saturated carbocycles. The molecule has 1 atom stereocenters. The summed E-state index contributed by atoms with van der Waals surface area (Å²) in [6, 6.07) is 6.72. The molecule has 0 radical (unpaired) electrons. The normalized spacial score (nSPS) is 30.7. The second-order valence-electron chi connectivity index (χ2n) is 7.13. The van der Waals surface area contributed by atoms with Gasteiger partial charge < -0.3 is 9.84 Å². The van der Waals surface area contributed by atoms with Crippen LogP contribution in [0.3, 0.4) is 0 Å². The van der Waals surface area contributed by atoms with Crippen molar-refractivity contribution in [2.24, 2.45) is 5.92 Å². The highest BCUT2D eigenvalue weighted by Gasteiger charge is 2.47. The van der Waals surface area contributed by atoms with Gasteiger partial charge in [-0.25, -0.2) is 0 Å². The second kappa shape index (κ2) is 4.47. The van der Waals surface area contributed by atoms with Crippen LogP contribution >= 0.6 is 0 Å². The summed E-state index contributed by atoms with van der Waals surface area (Å²) in [4.78, 5) is 2.61. The monoisotopic (exact) mass is 285 g/mol. The molecule has 3 aliphatic heterocycles. The molecule has 1 unspecified atom stereocenters. The molecule has 112 valence electrons. The van der Waals surface area contributed by atoms with Crippen molar-refractivity contribution in [2.45, 2.75) is 45.2 Å². The number of rotatable bonds is 2. The minimum Gasteiger partial charge on any atom is -0.362 e. The Bertz CT molecular complexity index is 668. The van der Waals surface area contributed by atoms with Gasteiger partial charge in [0.25, 0.3) is 0 Å². The lowest BCUT2D eigenvalue weighted by molar-refractivity contribution is -0.0189. The van der Waals surface area contributed by atoms with Gasteiger partial charge in [0.05, 0.1) is 5.39 Å². The summed E-state index contributed by atoms with van der Waals surface area (Å²) in [6.45, 7) is 9.24. The number of aromatic nitrogens is 1. The lowest BCUT2D eigenvalue weighted by atomic mass is 9.72. The Hall–Kier alpha value is -1.55. The topological polar surface area (TPSA) is 41.3 Å². The van der Waals surface area contributed by atoms with Crippen LogP contribution in [0.15, 0.2) is 22.7 Å². The zero-order valence-electron chi connectivity index (χ0n) is 13.0. The molecule has 4 heteroatoms. The van der Waals surface area contributed by atoms with E-state index in [1.54, 1.807) is 0 Å². The van der Waals surface area contributed by atoms with E-state index in [2.05, 4.69) is 54.3 Å². The van der Waals surface area contributed by atoms with Gasteiger partial charge in [0.1, 0.15) is 0 Å². The Morgan fingerprint density at radius 3 is 2.76 bits per heavy atom. The number of hydrogen-bond acceptors (Lipinski definition) is 4. The minimum absolute atomic E-state index is 0.178. The third-order valence-corrected chi connectivity index (χ3v) is 5.51. The van der Waals surface area contributed by atoms with E-state index in [4.69, 9.17) is 4.52 Å². The molecule has 4 heterocycles. The van der Waals surface area contributed by atoms with Gasteiger partial charge in [-0.1, -0.05) is 11.2 Å². The third kappa shape index (κ3) is 1.96. The van der Waals surface area contributed by atoms with Crippen molar-refractivity contribution in [3.05, 3.63) is 23.8 Å². The van der Waals surface area contributed by atoms with Crippen LogP contribution in [0.5, 0.6) is 0 Å². The fraction of sp³-hybridized carbons (Fsp3) is 0.588. The number of aryl methyl sites for hydroxylation is 1. The number of hydrogen-bond donors (Lipinski definition) is 1. The molecule has 1 aromatic carbocycles. The first-order valence-electron chi connectivity index (χ1n) is 7.93. The first-order chi connectivity index (χ1) is 10.1. The van der Waals surface area contributed by atoms with Gasteiger partial charge in [-0.05, 0) is 70.3 Å². The molecule has 3 saturated heterocycles. The van der Waals surface area contributed by atoms with E-state index in [9.17, 15) is 0 Å². The molecule has 2 bridgehead atoms. The molecule has 0 spiro atoms. The van der Waals surface area contributed by atoms with Gasteiger partial charge in [-0.15, -0.1) is 0 Å². The number of benzene rings is 1. The van der Waals surface area contributed by atoms with Crippen molar-refractivity contribution in [2.75, 3.05) is 18.4 Å². The van der Waals surface area contributed by atoms with E-state index in [0.717, 1.165) is 22.7 Å². The average molecular weight is 285 g/mol. The third-order valence-electron chi connectivity index (χ3n) is 5.51. The smallest absolute Gasteiger partial charge is 0.177 e. The molecule has 5 rings (SSSR count). The van der Waals surface area contributed by atoms with Crippen molar-refractivity contribution < 1.29 is 4.52 Å². The second-order valence-corrected chi connectivity index (χ2v) is 7.13. The Morgan fingerprint density at radius 1 is 1.29 bits per heavy atom. The molecule has 2 aromatic rings. The van der Waals surface area contributed by atoms with Crippen molar-refractivity contribution in [1.29, 1.82) is 0 Å². The minimum atomic E-state index is 0.178. The van der Waals surface area contributed by atoms with Crippen LogP contribution in [0.2, 0.25) is 0 Å². The predicted octanol–water partition coefficient (Wildman–Crippen LogP) is 3.42. The Kier molecular flexibility index (Phi) is 2.80. The van der Waals surface area contributed by atoms with E-state index < -0.39 is 0 Å². The van der Waals surface area contributed by atoms with E-state index in [1.165, 1.54) is 31.5 Å². The fourth-order valence-corrected chi connectivity index (χ4v) is 4.17. The molecule has 1 N–H and O–H groups in total. The highest BCUT2D eigenvalue weighted by atomic mass is 16.5. The Labute approximate surface area is 125 Å². The van der Waals surface area contributed by atoms with Gasteiger partial charge in [-0.3, -0.25) is 4.90 Å². The molecule has 0 aliphatic carbocycles. The summed E-state index contributed by atoms with van der Waals surface area (Å²) >= 11 is 0. The maximum atomic E-state index is 5.49. The average Bonchev–Trinajstić information content (AvgIpc) is 2.85. The van der Waals surface area contributed by atoms with E-state index >= 15 is 0 Å². The molecule has 4 nitrogen and oxygen atoms in total. The summed E-state index contributed by atoms with van der Waals surface area (Å²) < 4.78 is 5.49. The number of anilines is 1. The van der Waals surface area contributed by atoms with Crippen LogP contribution in [-0.4, -0.2) is 34.7 Å². The first-order valence-corrected chi connectivity index (χ1v) is 7.93. The number of fused-ring (bicyclic) bond motifs is 4. The zero-order valence-corrected chi connectivity index (χ0v) is 13.0. The lowest BCUT2D eigenvalue weighted by Gasteiger charge is -2.56. The highest BCUT2D eigenvalue weighted by Crippen LogP contribution is 2.41. The van der Waals surface area contributed by atoms with E-state index in [-0.39, 0.29) is 5.54 Å². The summed E-state index contributed by atoms with van der Waals surface area (Å²) in [5, 5.41) is 9.06. The van der Waals surface area contributed by atoms with Crippen molar-refractivity contribution in [3.63, 3.8) is 0 Å². The number of nitrogens with zero attached hydrogens (tertiary/aromatic N) is 2. The molecule has 21 heavy (non-hydrogen) atoms. The van der Waals surface area contributed by atoms with Gasteiger partial charge in [-0.2, -0.15) is 0 Å². The van der Waals surface area contributed by atoms with Crippen LogP contribution in [-0.2, 0) is 0 Å². The predicted molar refractivity (Wildman–Crippen MR) is 84.5 cm³/mol. The molecule has 3 aliphatic rings. The standard InChI is InChI=1S/C17H23N3O/c1-11-4-5-13-14(10-11)21-19-16(13)18-15-12-6-8-20(9-7-12)17(15,2)3/h4-5,10,12,15H,6-9H2,1-3H3,(H,18,19). The quantitative estimate of drug-likeness (QED) is 0.918. The summed E-state index contributed by atoms with van der Waals surface area (Å²) in [7, 11) is 0. The lowest BCUT2D eigenvalue weighted by Crippen LogP contribution is -2.66. The molecule has 1 aromatic heterocycles. The molecular weight excluding hydrogens is 262 g/mol. The molecule has 3 fully saturated rings. The van der Waals surface area contributed by atoms with Gasteiger partial charge in [0.2, 0.25) is 0 Å². The van der Waals surface area contributed by atoms with Gasteiger partial charge in [0, 0.05) is 11.6 Å². The van der Waals surface area contributed by atoms with Gasteiger partial charge in [0.15, 0.2) is 11.4 Å². The van der Waals surface area contributed by atoms with E-state index in [1.807, 2.05) is 0 Å². The van der Waals surface area contributed by atoms with Crippen LogP contribution in [0, 0.1) is 12.8 Å². The molecular formula is C17H23N3O. The van der Waals surface area contributed by atoms with Crippen LogP contribution < -0.4 is 5.32 Å². The summed E-state index contributed by atoms with van der Waals surface area (Å²) in [5.74, 6) is 1.64. The maximum Gasteiger partial charge on any atom is 0.177 e. The Morgan fingerprint density at radius 2 is 2.05 bits per heavy atom. The van der Waals surface area contributed by atoms with Crippen LogP contribution in [0.4, 0.5) is 5.82 Å². The summed E-state index contributed by atoms with van der Waals surface area (Å²) in [6.07, 6.45) is 2.58. The maximum absolute atomic E-state index is 5.49. The fourth-order valence-electron chi connectivity index (χ4n) is 4.17. The molecule has 0 amide bonds. The van der Waals surface area contributed by atoms with Crippen LogP contribution in [0.1, 0.15) is 32.3 Å². The van der Waals surface area contributed by atoms with Gasteiger partial charge >= 0.3 is 0 Å². The van der Waals surface area contributed by atoms with Crippen molar-refractivity contribution in [3.8, 4) is 0 Å². The first kappa shape index (κ1) is 13.1. The Balaban J connectivity index is 1.68. The number of nitrogens with one attached hydrogen (secondary N) is 1. The van der Waals surface area contributed by atoms with Crippen molar-refractivity contribution >= 4 is 16.8 Å². The number of piperidine rings is 3. The van der Waals surface area contributed by atoms with E-state index in [0.29, 0.717) is 6.04 Å². The largest absolute Gasteiger partial charge is 0.362 e. The summed E-state index contributed by atoms with van der Waals surface area (Å²) in [5.41, 5.74) is 2.25. The SMILES string of the molecule is Cc1ccc2c(NC3C4CCN(CC4)C3(C)C)noc2c1. The zero-order chi connectivity index (χ0) is 14.6. The van der Waals surface area contributed by atoms with Crippen LogP contribution in [0.25, 0.3) is 11.0 Å².